The molecule has 1 aliphatic carbocycles. The Balaban J connectivity index is 1.61. The largest absolute Gasteiger partial charge is 0.425 e. The first-order valence-corrected chi connectivity index (χ1v) is 12.6. The van der Waals surface area contributed by atoms with Gasteiger partial charge in [-0.05, 0) is 69.4 Å². The minimum Gasteiger partial charge on any atom is -0.425 e. The molecule has 1 aliphatic rings. The first kappa shape index (κ1) is 23.2. The Morgan fingerprint density at radius 1 is 1.09 bits per heavy atom. The van der Waals surface area contributed by atoms with E-state index in [0.717, 1.165) is 34.9 Å². The number of rotatable bonds is 7. The molecule has 0 aliphatic heterocycles. The number of aryl methyl sites for hydroxylation is 3. The van der Waals surface area contributed by atoms with Gasteiger partial charge in [-0.3, -0.25) is 0 Å². The van der Waals surface area contributed by atoms with Crippen molar-refractivity contribution in [2.24, 2.45) is 0 Å². The van der Waals surface area contributed by atoms with Crippen LogP contribution in [0.1, 0.15) is 48.4 Å². The smallest absolute Gasteiger partial charge is 0.339 e. The highest BCUT2D eigenvalue weighted by atomic mass is 32.2. The molecular weight excluding hydrogens is 442 g/mol. The van der Waals surface area contributed by atoms with Crippen LogP contribution in [0.2, 0.25) is 0 Å². The number of esters is 1. The zero-order valence-corrected chi connectivity index (χ0v) is 19.8. The number of carbonyl (C=O) groups excluding carboxylic acids is 1. The highest BCUT2D eigenvalue weighted by Gasteiger charge is 2.28. The van der Waals surface area contributed by atoms with Crippen LogP contribution in [0.25, 0.3) is 11.0 Å². The zero-order valence-electron chi connectivity index (χ0n) is 18.9. The molecule has 1 aromatic heterocycles. The molecule has 1 atom stereocenters. The number of carbonyl (C=O) groups is 1. The average Bonchev–Trinajstić information content (AvgIpc) is 3.27. The van der Waals surface area contributed by atoms with Crippen LogP contribution in [0, 0.1) is 13.8 Å². The van der Waals surface area contributed by atoms with E-state index < -0.39 is 22.0 Å². The van der Waals surface area contributed by atoms with Crippen LogP contribution >= 0.6 is 0 Å². The Morgan fingerprint density at radius 3 is 2.48 bits per heavy atom. The van der Waals surface area contributed by atoms with Gasteiger partial charge in [-0.2, -0.15) is 4.72 Å². The SMILES string of the molecule is CCC[C@@H](NS(=O)(=O)c1ccc(C)cc1)C(=O)Oc1ccc2c3c(c(=O)oc2c1C)CCC3. The van der Waals surface area contributed by atoms with Gasteiger partial charge in [0.25, 0.3) is 0 Å². The van der Waals surface area contributed by atoms with E-state index in [-0.39, 0.29) is 22.7 Å². The summed E-state index contributed by atoms with van der Waals surface area (Å²) in [4.78, 5) is 25.4. The van der Waals surface area contributed by atoms with Crippen LogP contribution in [0.3, 0.4) is 0 Å². The van der Waals surface area contributed by atoms with Crippen molar-refractivity contribution in [2.45, 2.75) is 63.8 Å². The quantitative estimate of drug-likeness (QED) is 0.319. The maximum atomic E-state index is 13.0. The highest BCUT2D eigenvalue weighted by Crippen LogP contribution is 2.33. The molecule has 0 saturated heterocycles. The number of benzene rings is 2. The summed E-state index contributed by atoms with van der Waals surface area (Å²) in [5.41, 5.74) is 3.23. The molecule has 7 nitrogen and oxygen atoms in total. The fraction of sp³-hybridized carbons (Fsp3) is 0.360. The lowest BCUT2D eigenvalue weighted by molar-refractivity contribution is -0.136. The van der Waals surface area contributed by atoms with E-state index in [1.165, 1.54) is 12.1 Å². The van der Waals surface area contributed by atoms with Gasteiger partial charge in [0, 0.05) is 16.5 Å². The molecule has 0 saturated carbocycles. The lowest BCUT2D eigenvalue weighted by atomic mass is 10.0. The Bertz CT molecular complexity index is 1370. The lowest BCUT2D eigenvalue weighted by Crippen LogP contribution is -2.42. The number of hydrogen-bond donors (Lipinski definition) is 1. The second-order valence-electron chi connectivity index (χ2n) is 8.46. The van der Waals surface area contributed by atoms with E-state index in [1.54, 1.807) is 31.2 Å². The summed E-state index contributed by atoms with van der Waals surface area (Å²) < 4.78 is 39.2. The lowest BCUT2D eigenvalue weighted by Gasteiger charge is -2.18. The topological polar surface area (TPSA) is 103 Å². The molecule has 4 rings (SSSR count). The molecule has 1 N–H and O–H groups in total. The fourth-order valence-electron chi connectivity index (χ4n) is 4.24. The van der Waals surface area contributed by atoms with Crippen LogP contribution in [-0.2, 0) is 27.7 Å². The zero-order chi connectivity index (χ0) is 23.8. The van der Waals surface area contributed by atoms with Gasteiger partial charge in [-0.15, -0.1) is 0 Å². The molecule has 1 heterocycles. The first-order chi connectivity index (χ1) is 15.7. The number of hydrogen-bond acceptors (Lipinski definition) is 6. The van der Waals surface area contributed by atoms with E-state index in [1.807, 2.05) is 13.8 Å². The van der Waals surface area contributed by atoms with E-state index in [0.29, 0.717) is 24.0 Å². The molecular formula is C25H27NO6S. The number of nitrogens with one attached hydrogen (secondary N) is 1. The van der Waals surface area contributed by atoms with E-state index >= 15 is 0 Å². The third-order valence-electron chi connectivity index (χ3n) is 6.04. The fourth-order valence-corrected chi connectivity index (χ4v) is 5.46. The third kappa shape index (κ3) is 4.58. The Morgan fingerprint density at radius 2 is 1.79 bits per heavy atom. The van der Waals surface area contributed by atoms with Gasteiger partial charge in [0.2, 0.25) is 10.0 Å². The van der Waals surface area contributed by atoms with Gasteiger partial charge in [-0.1, -0.05) is 31.0 Å². The Hall–Kier alpha value is -2.97. The summed E-state index contributed by atoms with van der Waals surface area (Å²) >= 11 is 0. The monoisotopic (exact) mass is 469 g/mol. The summed E-state index contributed by atoms with van der Waals surface area (Å²) in [5.74, 6) is -0.470. The molecule has 8 heteroatoms. The molecule has 2 aromatic carbocycles. The molecule has 0 fully saturated rings. The highest BCUT2D eigenvalue weighted by molar-refractivity contribution is 7.89. The van der Waals surface area contributed by atoms with Gasteiger partial charge in [-0.25, -0.2) is 18.0 Å². The van der Waals surface area contributed by atoms with Crippen molar-refractivity contribution < 1.29 is 22.4 Å². The van der Waals surface area contributed by atoms with Crippen LogP contribution < -0.4 is 15.1 Å². The van der Waals surface area contributed by atoms with E-state index in [4.69, 9.17) is 9.15 Å². The number of fused-ring (bicyclic) bond motifs is 3. The number of sulfonamides is 1. The van der Waals surface area contributed by atoms with Gasteiger partial charge < -0.3 is 9.15 Å². The molecule has 33 heavy (non-hydrogen) atoms. The summed E-state index contributed by atoms with van der Waals surface area (Å²) in [6.45, 7) is 5.45. The van der Waals surface area contributed by atoms with Gasteiger partial charge in [0.1, 0.15) is 17.4 Å². The van der Waals surface area contributed by atoms with Crippen LogP contribution in [0.4, 0.5) is 0 Å². The molecule has 3 aromatic rings. The Kier molecular flexibility index (Phi) is 6.41. The summed E-state index contributed by atoms with van der Waals surface area (Å²) in [6.07, 6.45) is 3.29. The van der Waals surface area contributed by atoms with Gasteiger partial charge >= 0.3 is 11.6 Å². The predicted molar refractivity (Wildman–Crippen MR) is 125 cm³/mol. The maximum absolute atomic E-state index is 13.0. The maximum Gasteiger partial charge on any atom is 0.339 e. The minimum atomic E-state index is -3.90. The standard InChI is InChI=1S/C25H27NO6S/c1-4-6-21(26-33(29,30)17-11-9-15(2)10-12-17)25(28)31-22-14-13-19-18-7-5-8-20(18)24(27)32-23(19)16(22)3/h9-14,21,26H,4-8H2,1-3H3/t21-/m1/s1. The molecule has 0 amide bonds. The van der Waals surface area contributed by atoms with Crippen molar-refractivity contribution >= 4 is 27.0 Å². The van der Waals surface area contributed by atoms with Crippen molar-refractivity contribution in [1.29, 1.82) is 0 Å². The normalized spacial score (nSPS) is 14.3. The molecule has 0 unspecified atom stereocenters. The van der Waals surface area contributed by atoms with Crippen molar-refractivity contribution in [3.05, 3.63) is 69.1 Å². The van der Waals surface area contributed by atoms with E-state index in [9.17, 15) is 18.0 Å². The van der Waals surface area contributed by atoms with E-state index in [2.05, 4.69) is 4.72 Å². The summed E-state index contributed by atoms with van der Waals surface area (Å²) in [5, 5.41) is 0.851. The van der Waals surface area contributed by atoms with Gasteiger partial charge in [0.05, 0.1) is 4.90 Å². The van der Waals surface area contributed by atoms with Crippen molar-refractivity contribution in [3.8, 4) is 5.75 Å². The first-order valence-electron chi connectivity index (χ1n) is 11.1. The van der Waals surface area contributed by atoms with Crippen molar-refractivity contribution in [3.63, 3.8) is 0 Å². The Labute approximate surface area is 192 Å². The van der Waals surface area contributed by atoms with Crippen molar-refractivity contribution in [1.82, 2.24) is 4.72 Å². The predicted octanol–water partition coefficient (Wildman–Crippen LogP) is 3.95. The van der Waals surface area contributed by atoms with Crippen LogP contribution in [-0.4, -0.2) is 20.4 Å². The van der Waals surface area contributed by atoms with Crippen molar-refractivity contribution in [2.75, 3.05) is 0 Å². The molecule has 0 radical (unpaired) electrons. The number of ether oxygens (including phenoxy) is 1. The summed E-state index contributed by atoms with van der Waals surface area (Å²) in [6, 6.07) is 8.81. The average molecular weight is 470 g/mol. The second-order valence-corrected chi connectivity index (χ2v) is 10.2. The summed E-state index contributed by atoms with van der Waals surface area (Å²) in [7, 11) is -3.90. The molecule has 174 valence electrons. The van der Waals surface area contributed by atoms with Crippen LogP contribution in [0.15, 0.2) is 50.5 Å². The third-order valence-corrected chi connectivity index (χ3v) is 7.53. The minimum absolute atomic E-state index is 0.0829. The van der Waals surface area contributed by atoms with Gasteiger partial charge in [0.15, 0.2) is 0 Å². The molecule has 0 bridgehead atoms. The molecule has 0 spiro atoms. The second kappa shape index (κ2) is 9.11. The van der Waals surface area contributed by atoms with Crippen LogP contribution in [0.5, 0.6) is 5.75 Å².